The van der Waals surface area contributed by atoms with Gasteiger partial charge in [-0.15, -0.1) is 0 Å². The molecule has 2 heterocycles. The molecule has 0 aromatic carbocycles. The number of amides is 1. The SMILES string of the molecule is CC(=O)N1C[C@H]2CC(C(=O)O)C[C@@H](C1)O2. The van der Waals surface area contributed by atoms with Crippen LogP contribution < -0.4 is 0 Å². The highest BCUT2D eigenvalue weighted by Gasteiger charge is 2.39. The Kier molecular flexibility index (Phi) is 2.65. The number of nitrogens with zero attached hydrogens (tertiary/aromatic N) is 1. The standard InChI is InChI=1S/C10H15NO4/c1-6(12)11-4-8-2-7(10(13)14)3-9(5-11)15-8/h7-9H,2-5H2,1H3,(H,13,14)/t7?,8-,9+. The highest BCUT2D eigenvalue weighted by Crippen LogP contribution is 2.29. The summed E-state index contributed by atoms with van der Waals surface area (Å²) in [5.74, 6) is -1.01. The number of rotatable bonds is 1. The third-order valence-electron chi connectivity index (χ3n) is 3.12. The molecule has 2 saturated heterocycles. The summed E-state index contributed by atoms with van der Waals surface area (Å²) < 4.78 is 5.63. The van der Waals surface area contributed by atoms with Gasteiger partial charge in [-0.3, -0.25) is 9.59 Å². The highest BCUT2D eigenvalue weighted by atomic mass is 16.5. The van der Waals surface area contributed by atoms with E-state index in [1.807, 2.05) is 0 Å². The molecule has 0 spiro atoms. The van der Waals surface area contributed by atoms with E-state index in [2.05, 4.69) is 0 Å². The number of hydrogen-bond acceptors (Lipinski definition) is 3. The Morgan fingerprint density at radius 1 is 1.27 bits per heavy atom. The van der Waals surface area contributed by atoms with Gasteiger partial charge in [0.1, 0.15) is 0 Å². The average molecular weight is 213 g/mol. The van der Waals surface area contributed by atoms with Crippen LogP contribution in [0.25, 0.3) is 0 Å². The molecule has 3 atom stereocenters. The Morgan fingerprint density at radius 2 is 1.80 bits per heavy atom. The second kappa shape index (κ2) is 3.81. The number of likely N-dealkylation sites (tertiary alicyclic amines) is 1. The molecule has 0 aromatic rings. The van der Waals surface area contributed by atoms with Gasteiger partial charge in [-0.1, -0.05) is 0 Å². The minimum atomic E-state index is -0.746. The molecule has 2 bridgehead atoms. The molecular formula is C10H15NO4. The number of fused-ring (bicyclic) bond motifs is 2. The van der Waals surface area contributed by atoms with E-state index in [1.165, 1.54) is 6.92 Å². The molecule has 2 fully saturated rings. The molecule has 5 heteroatoms. The summed E-state index contributed by atoms with van der Waals surface area (Å²) in [6, 6.07) is 0. The second-order valence-corrected chi connectivity index (χ2v) is 4.31. The predicted molar refractivity (Wildman–Crippen MR) is 51.3 cm³/mol. The lowest BCUT2D eigenvalue weighted by molar-refractivity contribution is -0.166. The van der Waals surface area contributed by atoms with Gasteiger partial charge in [-0.05, 0) is 12.8 Å². The molecule has 0 radical (unpaired) electrons. The molecule has 5 nitrogen and oxygen atoms in total. The van der Waals surface area contributed by atoms with Crippen molar-refractivity contribution in [2.75, 3.05) is 13.1 Å². The Morgan fingerprint density at radius 3 is 2.20 bits per heavy atom. The first-order valence-corrected chi connectivity index (χ1v) is 5.20. The molecule has 2 aliphatic rings. The molecule has 1 amide bonds. The molecule has 84 valence electrons. The van der Waals surface area contributed by atoms with Crippen LogP contribution in [-0.4, -0.2) is 47.2 Å². The minimum Gasteiger partial charge on any atom is -0.481 e. The van der Waals surface area contributed by atoms with Crippen LogP contribution in [0.3, 0.4) is 0 Å². The molecule has 0 saturated carbocycles. The summed E-state index contributed by atoms with van der Waals surface area (Å²) in [6.45, 7) is 2.61. The van der Waals surface area contributed by atoms with Crippen LogP contribution >= 0.6 is 0 Å². The van der Waals surface area contributed by atoms with Gasteiger partial charge in [0.05, 0.1) is 18.1 Å². The van der Waals surface area contributed by atoms with Crippen LogP contribution in [0.2, 0.25) is 0 Å². The van der Waals surface area contributed by atoms with Gasteiger partial charge in [-0.25, -0.2) is 0 Å². The predicted octanol–water partition coefficient (Wildman–Crippen LogP) is 0.0969. The van der Waals surface area contributed by atoms with Gasteiger partial charge in [-0.2, -0.15) is 0 Å². The van der Waals surface area contributed by atoms with E-state index < -0.39 is 5.97 Å². The highest BCUT2D eigenvalue weighted by molar-refractivity contribution is 5.73. The van der Waals surface area contributed by atoms with Gasteiger partial charge < -0.3 is 14.7 Å². The van der Waals surface area contributed by atoms with E-state index in [1.54, 1.807) is 4.90 Å². The Labute approximate surface area is 88.0 Å². The largest absolute Gasteiger partial charge is 0.481 e. The number of carboxylic acids is 1. The number of carboxylic acid groups (broad SMARTS) is 1. The molecule has 0 aromatic heterocycles. The van der Waals surface area contributed by atoms with Crippen molar-refractivity contribution in [3.63, 3.8) is 0 Å². The van der Waals surface area contributed by atoms with Crippen LogP contribution in [0.15, 0.2) is 0 Å². The summed E-state index contributed by atoms with van der Waals surface area (Å²) in [7, 11) is 0. The fourth-order valence-electron chi connectivity index (χ4n) is 2.37. The topological polar surface area (TPSA) is 66.8 Å². The first-order valence-electron chi connectivity index (χ1n) is 5.20. The molecule has 1 N–H and O–H groups in total. The summed E-state index contributed by atoms with van der Waals surface area (Å²) >= 11 is 0. The van der Waals surface area contributed by atoms with Crippen molar-refractivity contribution in [3.8, 4) is 0 Å². The van der Waals surface area contributed by atoms with Crippen LogP contribution in [0, 0.1) is 5.92 Å². The van der Waals surface area contributed by atoms with Crippen molar-refractivity contribution >= 4 is 11.9 Å². The summed E-state index contributed by atoms with van der Waals surface area (Å²) in [5, 5.41) is 8.93. The van der Waals surface area contributed by atoms with E-state index in [4.69, 9.17) is 9.84 Å². The van der Waals surface area contributed by atoms with Crippen molar-refractivity contribution in [3.05, 3.63) is 0 Å². The van der Waals surface area contributed by atoms with E-state index in [9.17, 15) is 9.59 Å². The van der Waals surface area contributed by atoms with E-state index in [-0.39, 0.29) is 24.0 Å². The van der Waals surface area contributed by atoms with Crippen LogP contribution in [0.1, 0.15) is 19.8 Å². The molecular weight excluding hydrogens is 198 g/mol. The van der Waals surface area contributed by atoms with Crippen molar-refractivity contribution < 1.29 is 19.4 Å². The minimum absolute atomic E-state index is 0.0436. The Balaban J connectivity index is 2.02. The number of morpholine rings is 1. The number of hydrogen-bond donors (Lipinski definition) is 1. The van der Waals surface area contributed by atoms with E-state index in [0.717, 1.165) is 0 Å². The zero-order valence-electron chi connectivity index (χ0n) is 8.68. The fourth-order valence-corrected chi connectivity index (χ4v) is 2.37. The van der Waals surface area contributed by atoms with Crippen molar-refractivity contribution in [1.82, 2.24) is 4.90 Å². The Hall–Kier alpha value is -1.10. The third kappa shape index (κ3) is 2.12. The lowest BCUT2D eigenvalue weighted by Gasteiger charge is -2.43. The molecule has 15 heavy (non-hydrogen) atoms. The van der Waals surface area contributed by atoms with Gasteiger partial charge in [0, 0.05) is 20.0 Å². The van der Waals surface area contributed by atoms with Crippen molar-refractivity contribution in [2.45, 2.75) is 32.0 Å². The summed E-state index contributed by atoms with van der Waals surface area (Å²) in [4.78, 5) is 23.8. The molecule has 0 aliphatic carbocycles. The monoisotopic (exact) mass is 213 g/mol. The average Bonchev–Trinajstić information content (AvgIpc) is 2.15. The maximum Gasteiger partial charge on any atom is 0.306 e. The van der Waals surface area contributed by atoms with Crippen LogP contribution in [0.5, 0.6) is 0 Å². The lowest BCUT2D eigenvalue weighted by Crippen LogP contribution is -2.54. The first kappa shape index (κ1) is 10.4. The van der Waals surface area contributed by atoms with Gasteiger partial charge in [0.15, 0.2) is 0 Å². The summed E-state index contributed by atoms with van der Waals surface area (Å²) in [6.07, 6.45) is 0.857. The van der Waals surface area contributed by atoms with E-state index >= 15 is 0 Å². The van der Waals surface area contributed by atoms with Crippen molar-refractivity contribution in [1.29, 1.82) is 0 Å². The molecule has 1 unspecified atom stereocenters. The quantitative estimate of drug-likeness (QED) is 0.670. The van der Waals surface area contributed by atoms with Crippen molar-refractivity contribution in [2.24, 2.45) is 5.92 Å². The number of ether oxygens (including phenoxy) is 1. The van der Waals surface area contributed by atoms with Crippen LogP contribution in [-0.2, 0) is 14.3 Å². The third-order valence-corrected chi connectivity index (χ3v) is 3.12. The molecule has 2 aliphatic heterocycles. The second-order valence-electron chi connectivity index (χ2n) is 4.31. The zero-order valence-corrected chi connectivity index (χ0v) is 8.68. The number of aliphatic carboxylic acids is 1. The van der Waals surface area contributed by atoms with Crippen LogP contribution in [0.4, 0.5) is 0 Å². The zero-order chi connectivity index (χ0) is 11.0. The number of carbonyl (C=O) groups excluding carboxylic acids is 1. The fraction of sp³-hybridized carbons (Fsp3) is 0.800. The van der Waals surface area contributed by atoms with Gasteiger partial charge >= 0.3 is 5.97 Å². The van der Waals surface area contributed by atoms with E-state index in [0.29, 0.717) is 25.9 Å². The summed E-state index contributed by atoms with van der Waals surface area (Å²) in [5.41, 5.74) is 0. The molecule has 2 rings (SSSR count). The maximum atomic E-state index is 11.2. The lowest BCUT2D eigenvalue weighted by atomic mass is 9.89. The first-order chi connectivity index (χ1) is 7.06. The smallest absolute Gasteiger partial charge is 0.306 e. The maximum absolute atomic E-state index is 11.2. The van der Waals surface area contributed by atoms with Gasteiger partial charge in [0.25, 0.3) is 0 Å². The number of carbonyl (C=O) groups is 2. The van der Waals surface area contributed by atoms with Gasteiger partial charge in [0.2, 0.25) is 5.91 Å². The Bertz CT molecular complexity index is 251. The normalized spacial score (nSPS) is 35.0.